The fourth-order valence-corrected chi connectivity index (χ4v) is 2.33. The number of aromatic nitrogens is 1. The number of aryl methyl sites for hydroxylation is 1. The van der Waals surface area contributed by atoms with E-state index in [1.165, 1.54) is 18.2 Å². The molecule has 0 fully saturated rings. The molecule has 24 heavy (non-hydrogen) atoms. The predicted octanol–water partition coefficient (Wildman–Crippen LogP) is 2.45. The Bertz CT molecular complexity index is 713. The van der Waals surface area contributed by atoms with Gasteiger partial charge in [0.15, 0.2) is 0 Å². The summed E-state index contributed by atoms with van der Waals surface area (Å²) in [6.07, 6.45) is -0.778. The van der Waals surface area contributed by atoms with Gasteiger partial charge in [-0.3, -0.25) is 9.78 Å². The SMILES string of the molecule is Cc1cc(C(=O)NCC(O)COCC(C)C)c2ccc(F)cc2n1. The summed E-state index contributed by atoms with van der Waals surface area (Å²) >= 11 is 0. The van der Waals surface area contributed by atoms with Crippen molar-refractivity contribution in [1.82, 2.24) is 10.3 Å². The van der Waals surface area contributed by atoms with Gasteiger partial charge in [0.05, 0.1) is 23.8 Å². The second-order valence-electron chi connectivity index (χ2n) is 6.27. The number of nitrogens with zero attached hydrogens (tertiary/aromatic N) is 1. The summed E-state index contributed by atoms with van der Waals surface area (Å²) < 4.78 is 18.7. The molecule has 0 radical (unpaired) electrons. The molecule has 1 amide bonds. The standard InChI is InChI=1S/C18H23FN2O3/c1-11(2)9-24-10-14(22)8-20-18(23)16-6-12(3)21-17-7-13(19)4-5-15(16)17/h4-7,11,14,22H,8-10H2,1-3H3,(H,20,23). The normalized spacial score (nSPS) is 12.6. The molecule has 1 unspecified atom stereocenters. The first-order chi connectivity index (χ1) is 11.4. The molecular weight excluding hydrogens is 311 g/mol. The molecule has 1 heterocycles. The summed E-state index contributed by atoms with van der Waals surface area (Å²) in [5.74, 6) is -0.344. The minimum atomic E-state index is -0.778. The van der Waals surface area contributed by atoms with Gasteiger partial charge in [-0.1, -0.05) is 13.8 Å². The van der Waals surface area contributed by atoms with Gasteiger partial charge in [0.2, 0.25) is 0 Å². The van der Waals surface area contributed by atoms with E-state index in [9.17, 15) is 14.3 Å². The quantitative estimate of drug-likeness (QED) is 0.816. The van der Waals surface area contributed by atoms with Crippen LogP contribution in [-0.4, -0.2) is 41.9 Å². The van der Waals surface area contributed by atoms with Crippen LogP contribution in [0, 0.1) is 18.7 Å². The molecule has 1 aromatic carbocycles. The zero-order valence-corrected chi connectivity index (χ0v) is 14.2. The molecule has 0 bridgehead atoms. The first-order valence-electron chi connectivity index (χ1n) is 7.97. The Labute approximate surface area is 140 Å². The van der Waals surface area contributed by atoms with Crippen molar-refractivity contribution in [2.24, 2.45) is 5.92 Å². The van der Waals surface area contributed by atoms with Crippen LogP contribution in [-0.2, 0) is 4.74 Å². The zero-order valence-electron chi connectivity index (χ0n) is 14.2. The van der Waals surface area contributed by atoms with Crippen molar-refractivity contribution in [3.8, 4) is 0 Å². The molecule has 2 rings (SSSR count). The molecule has 2 aromatic rings. The van der Waals surface area contributed by atoms with Crippen LogP contribution in [0.3, 0.4) is 0 Å². The van der Waals surface area contributed by atoms with Crippen LogP contribution in [0.15, 0.2) is 24.3 Å². The third kappa shape index (κ3) is 4.97. The fraction of sp³-hybridized carbons (Fsp3) is 0.444. The van der Waals surface area contributed by atoms with Gasteiger partial charge in [0, 0.05) is 30.3 Å². The highest BCUT2D eigenvalue weighted by molar-refractivity contribution is 6.06. The van der Waals surface area contributed by atoms with Gasteiger partial charge in [0.1, 0.15) is 5.82 Å². The Morgan fingerprint density at radius 3 is 2.79 bits per heavy atom. The highest BCUT2D eigenvalue weighted by Gasteiger charge is 2.14. The van der Waals surface area contributed by atoms with Gasteiger partial charge in [-0.25, -0.2) is 4.39 Å². The molecule has 5 nitrogen and oxygen atoms in total. The number of benzene rings is 1. The molecule has 130 valence electrons. The number of carbonyl (C=O) groups excluding carboxylic acids is 1. The highest BCUT2D eigenvalue weighted by atomic mass is 19.1. The second kappa shape index (κ2) is 8.17. The first-order valence-corrected chi connectivity index (χ1v) is 7.97. The molecule has 0 saturated heterocycles. The molecule has 1 aromatic heterocycles. The van der Waals surface area contributed by atoms with E-state index in [2.05, 4.69) is 10.3 Å². The van der Waals surface area contributed by atoms with Crippen molar-refractivity contribution >= 4 is 16.8 Å². The van der Waals surface area contributed by atoms with E-state index >= 15 is 0 Å². The summed E-state index contributed by atoms with van der Waals surface area (Å²) in [7, 11) is 0. The van der Waals surface area contributed by atoms with Crippen molar-refractivity contribution < 1.29 is 19.0 Å². The van der Waals surface area contributed by atoms with Crippen molar-refractivity contribution in [1.29, 1.82) is 0 Å². The van der Waals surface area contributed by atoms with E-state index in [0.717, 1.165) is 0 Å². The van der Waals surface area contributed by atoms with Gasteiger partial charge in [-0.2, -0.15) is 0 Å². The third-order valence-corrected chi connectivity index (χ3v) is 3.40. The van der Waals surface area contributed by atoms with E-state index in [1.54, 1.807) is 13.0 Å². The number of fused-ring (bicyclic) bond motifs is 1. The lowest BCUT2D eigenvalue weighted by atomic mass is 10.1. The molecule has 0 aliphatic carbocycles. The Morgan fingerprint density at radius 2 is 2.08 bits per heavy atom. The van der Waals surface area contributed by atoms with Crippen molar-refractivity contribution in [2.75, 3.05) is 19.8 Å². The Morgan fingerprint density at radius 1 is 1.33 bits per heavy atom. The van der Waals surface area contributed by atoms with Crippen LogP contribution >= 0.6 is 0 Å². The third-order valence-electron chi connectivity index (χ3n) is 3.40. The minimum Gasteiger partial charge on any atom is -0.389 e. The number of aliphatic hydroxyl groups is 1. The molecule has 6 heteroatoms. The van der Waals surface area contributed by atoms with Crippen LogP contribution in [0.5, 0.6) is 0 Å². The Kier molecular flexibility index (Phi) is 6.23. The Balaban J connectivity index is 2.03. The lowest BCUT2D eigenvalue weighted by molar-refractivity contribution is 0.0259. The first kappa shape index (κ1) is 18.3. The summed E-state index contributed by atoms with van der Waals surface area (Å²) in [5, 5.41) is 13.1. The van der Waals surface area contributed by atoms with E-state index in [0.29, 0.717) is 34.7 Å². The lowest BCUT2D eigenvalue weighted by Crippen LogP contribution is -2.35. The number of carbonyl (C=O) groups is 1. The number of ether oxygens (including phenoxy) is 1. The number of amides is 1. The van der Waals surface area contributed by atoms with E-state index < -0.39 is 11.9 Å². The van der Waals surface area contributed by atoms with E-state index in [1.807, 2.05) is 13.8 Å². The number of rotatable bonds is 7. The van der Waals surface area contributed by atoms with Gasteiger partial charge >= 0.3 is 0 Å². The number of pyridine rings is 1. The number of nitrogens with one attached hydrogen (secondary N) is 1. The maximum Gasteiger partial charge on any atom is 0.252 e. The minimum absolute atomic E-state index is 0.0843. The van der Waals surface area contributed by atoms with Crippen LogP contribution in [0.2, 0.25) is 0 Å². The molecule has 2 N–H and O–H groups in total. The molecule has 0 aliphatic heterocycles. The van der Waals surface area contributed by atoms with Gasteiger partial charge in [-0.05, 0) is 31.0 Å². The lowest BCUT2D eigenvalue weighted by Gasteiger charge is -2.14. The highest BCUT2D eigenvalue weighted by Crippen LogP contribution is 2.19. The topological polar surface area (TPSA) is 71.5 Å². The number of aliphatic hydroxyl groups excluding tert-OH is 1. The van der Waals surface area contributed by atoms with Crippen LogP contribution in [0.1, 0.15) is 29.9 Å². The average Bonchev–Trinajstić information content (AvgIpc) is 2.51. The number of hydrogen-bond donors (Lipinski definition) is 2. The van der Waals surface area contributed by atoms with Crippen LogP contribution < -0.4 is 5.32 Å². The van der Waals surface area contributed by atoms with Gasteiger partial charge < -0.3 is 15.2 Å². The van der Waals surface area contributed by atoms with Gasteiger partial charge in [0.25, 0.3) is 5.91 Å². The fourth-order valence-electron chi connectivity index (χ4n) is 2.33. The summed E-state index contributed by atoms with van der Waals surface area (Å²) in [4.78, 5) is 16.6. The second-order valence-corrected chi connectivity index (χ2v) is 6.27. The maximum absolute atomic E-state index is 13.3. The molecule has 0 spiro atoms. The molecule has 1 atom stereocenters. The van der Waals surface area contributed by atoms with Crippen molar-refractivity contribution in [2.45, 2.75) is 26.9 Å². The van der Waals surface area contributed by atoms with Crippen LogP contribution in [0.4, 0.5) is 4.39 Å². The molecule has 0 aliphatic rings. The van der Waals surface area contributed by atoms with Crippen molar-refractivity contribution in [3.05, 3.63) is 41.3 Å². The van der Waals surface area contributed by atoms with E-state index in [-0.39, 0.29) is 19.1 Å². The van der Waals surface area contributed by atoms with Crippen molar-refractivity contribution in [3.63, 3.8) is 0 Å². The predicted molar refractivity (Wildman–Crippen MR) is 90.4 cm³/mol. The smallest absolute Gasteiger partial charge is 0.252 e. The summed E-state index contributed by atoms with van der Waals surface area (Å²) in [5.41, 5.74) is 1.47. The maximum atomic E-state index is 13.3. The summed E-state index contributed by atoms with van der Waals surface area (Å²) in [6, 6.07) is 5.78. The number of hydrogen-bond acceptors (Lipinski definition) is 4. The average molecular weight is 334 g/mol. The van der Waals surface area contributed by atoms with E-state index in [4.69, 9.17) is 4.74 Å². The Hall–Kier alpha value is -2.05. The zero-order chi connectivity index (χ0) is 17.7. The monoisotopic (exact) mass is 334 g/mol. The number of halogens is 1. The molecular formula is C18H23FN2O3. The largest absolute Gasteiger partial charge is 0.389 e. The van der Waals surface area contributed by atoms with Crippen LogP contribution in [0.25, 0.3) is 10.9 Å². The van der Waals surface area contributed by atoms with Gasteiger partial charge in [-0.15, -0.1) is 0 Å². The summed E-state index contributed by atoms with van der Waals surface area (Å²) in [6.45, 7) is 6.60. The molecule has 0 saturated carbocycles.